The zero-order chi connectivity index (χ0) is 30.6. The van der Waals surface area contributed by atoms with Gasteiger partial charge in [0.25, 0.3) is 5.69 Å². The highest BCUT2D eigenvalue weighted by Gasteiger charge is 2.60. The molecule has 16 nitrogen and oxygen atoms in total. The number of ether oxygens (including phenoxy) is 3. The minimum Gasteiger partial charge on any atom is -0.456 e. The van der Waals surface area contributed by atoms with Crippen LogP contribution in [0.5, 0.6) is 0 Å². The predicted octanol–water partition coefficient (Wildman–Crippen LogP) is 1.37. The highest BCUT2D eigenvalue weighted by Crippen LogP contribution is 2.47. The Hall–Kier alpha value is -4.89. The van der Waals surface area contributed by atoms with Crippen LogP contribution in [0.4, 0.5) is 10.5 Å². The second-order valence-electron chi connectivity index (χ2n) is 10.5. The summed E-state index contributed by atoms with van der Waals surface area (Å²) >= 11 is 0. The number of amides is 2. The van der Waals surface area contributed by atoms with E-state index in [1.165, 1.54) is 40.2 Å². The van der Waals surface area contributed by atoms with E-state index in [4.69, 9.17) is 14.2 Å². The fourth-order valence-corrected chi connectivity index (χ4v) is 4.97. The molecule has 16 heteroatoms. The molecule has 0 saturated carbocycles. The Morgan fingerprint density at radius 2 is 1.81 bits per heavy atom. The maximum absolute atomic E-state index is 13.4. The van der Waals surface area contributed by atoms with E-state index in [2.05, 4.69) is 20.8 Å². The van der Waals surface area contributed by atoms with Gasteiger partial charge in [-0.05, 0) is 41.0 Å². The molecule has 4 rings (SSSR count). The summed E-state index contributed by atoms with van der Waals surface area (Å²) in [6.07, 6.45) is 0.374. The van der Waals surface area contributed by atoms with Crippen molar-refractivity contribution in [2.45, 2.75) is 52.9 Å². The van der Waals surface area contributed by atoms with E-state index in [0.29, 0.717) is 11.1 Å². The number of β-lactam (4-membered cyclic amide) rings is 1. The number of carbonyl (C=O) groups is 4. The lowest BCUT2D eigenvalue weighted by Crippen LogP contribution is -2.66. The number of non-ortho nitro benzene ring substituents is 1. The molecule has 224 valence electrons. The number of tetrazole rings is 1. The highest BCUT2D eigenvalue weighted by molar-refractivity contribution is 6.01. The largest absolute Gasteiger partial charge is 0.508 e. The maximum Gasteiger partial charge on any atom is 0.508 e. The summed E-state index contributed by atoms with van der Waals surface area (Å²) < 4.78 is 17.1. The van der Waals surface area contributed by atoms with Crippen molar-refractivity contribution < 1.29 is 38.3 Å². The Kier molecular flexibility index (Phi) is 9.12. The molecule has 1 N–H and O–H groups in total. The molecule has 2 amide bonds. The molecule has 2 aromatic rings. The first-order valence-electron chi connectivity index (χ1n) is 13.2. The van der Waals surface area contributed by atoms with Gasteiger partial charge in [0.2, 0.25) is 11.8 Å². The van der Waals surface area contributed by atoms with Gasteiger partial charge in [0.15, 0.2) is 0 Å². The first-order chi connectivity index (χ1) is 20.0. The van der Waals surface area contributed by atoms with Crippen molar-refractivity contribution in [1.29, 1.82) is 0 Å². The molecule has 0 aliphatic carbocycles. The third kappa shape index (κ3) is 6.53. The fourth-order valence-electron chi connectivity index (χ4n) is 4.97. The third-order valence-electron chi connectivity index (χ3n) is 7.01. The Morgan fingerprint density at radius 3 is 2.43 bits per heavy atom. The van der Waals surface area contributed by atoms with Crippen molar-refractivity contribution in [2.24, 2.45) is 17.8 Å². The predicted molar refractivity (Wildman–Crippen MR) is 141 cm³/mol. The van der Waals surface area contributed by atoms with E-state index in [0.717, 1.165) is 0 Å². The van der Waals surface area contributed by atoms with Crippen LogP contribution in [0.1, 0.15) is 33.3 Å². The maximum atomic E-state index is 13.4. The van der Waals surface area contributed by atoms with Crippen LogP contribution in [-0.2, 0) is 41.7 Å². The van der Waals surface area contributed by atoms with E-state index >= 15 is 0 Å². The van der Waals surface area contributed by atoms with E-state index in [-0.39, 0.29) is 43.7 Å². The zero-order valence-corrected chi connectivity index (χ0v) is 23.5. The van der Waals surface area contributed by atoms with Crippen molar-refractivity contribution in [3.63, 3.8) is 0 Å². The monoisotopic (exact) mass is 585 g/mol. The van der Waals surface area contributed by atoms with Gasteiger partial charge in [-0.2, -0.15) is 0 Å². The number of carbonyl (C=O) groups excluding carboxylic acids is 4. The van der Waals surface area contributed by atoms with Crippen LogP contribution in [0.3, 0.4) is 0 Å². The van der Waals surface area contributed by atoms with Gasteiger partial charge in [0, 0.05) is 29.7 Å². The second-order valence-corrected chi connectivity index (χ2v) is 10.5. The molecule has 42 heavy (non-hydrogen) atoms. The molecule has 4 atom stereocenters. The lowest BCUT2D eigenvalue weighted by atomic mass is 9.76. The van der Waals surface area contributed by atoms with E-state index in [1.807, 2.05) is 13.8 Å². The van der Waals surface area contributed by atoms with Crippen molar-refractivity contribution in [3.05, 3.63) is 57.5 Å². The van der Waals surface area contributed by atoms with Gasteiger partial charge < -0.3 is 24.4 Å². The van der Waals surface area contributed by atoms with E-state index < -0.39 is 52.8 Å². The molecule has 2 aliphatic heterocycles. The number of hydrogen-bond donors (Lipinski definition) is 1. The van der Waals surface area contributed by atoms with Crippen molar-refractivity contribution in [3.8, 4) is 0 Å². The van der Waals surface area contributed by atoms with Crippen LogP contribution in [0.15, 0.2) is 41.9 Å². The third-order valence-corrected chi connectivity index (χ3v) is 7.01. The Labute approximate surface area is 240 Å². The molecule has 0 unspecified atom stereocenters. The summed E-state index contributed by atoms with van der Waals surface area (Å²) in [5, 5.41) is 24.3. The number of aromatic nitrogens is 4. The number of nitrogens with zero attached hydrogens (tertiary/aromatic N) is 6. The van der Waals surface area contributed by atoms with Gasteiger partial charge in [0.05, 0.1) is 23.5 Å². The van der Waals surface area contributed by atoms with Crippen LogP contribution in [-0.4, -0.2) is 79.3 Å². The summed E-state index contributed by atoms with van der Waals surface area (Å²) in [4.78, 5) is 63.1. The van der Waals surface area contributed by atoms with Gasteiger partial charge in [-0.15, -0.1) is 5.10 Å². The first kappa shape index (κ1) is 30.1. The number of nitro groups is 1. The lowest BCUT2D eigenvalue weighted by molar-refractivity contribution is -0.384. The number of fused-ring (bicyclic) bond motifs is 1. The van der Waals surface area contributed by atoms with Crippen molar-refractivity contribution >= 4 is 29.6 Å². The number of benzene rings is 1. The van der Waals surface area contributed by atoms with Gasteiger partial charge in [-0.1, -0.05) is 20.8 Å². The molecule has 3 heterocycles. The summed E-state index contributed by atoms with van der Waals surface area (Å²) in [6, 6.07) is 4.39. The van der Waals surface area contributed by atoms with Gasteiger partial charge in [-0.3, -0.25) is 19.7 Å². The minimum absolute atomic E-state index is 0.0421. The number of rotatable bonds is 12. The Balaban J connectivity index is 1.49. The van der Waals surface area contributed by atoms with Gasteiger partial charge in [-0.25, -0.2) is 14.3 Å². The summed E-state index contributed by atoms with van der Waals surface area (Å²) in [7, 11) is 0. The number of hydrogen-bond acceptors (Lipinski definition) is 12. The van der Waals surface area contributed by atoms with Crippen LogP contribution in [0.2, 0.25) is 0 Å². The van der Waals surface area contributed by atoms with Gasteiger partial charge >= 0.3 is 12.1 Å². The van der Waals surface area contributed by atoms with Crippen LogP contribution < -0.4 is 5.32 Å². The molecule has 1 aromatic heterocycles. The SMILES string of the molecule is CC(C)COC(=O)OCC1=C(C(=O)OCc2ccc([N+](=O)[O-])cc2)N2C(=O)[C@H]([C@@H](C)NC(=O)Cn3cnnn3)[C@H]2[C@@H]1C. The van der Waals surface area contributed by atoms with Crippen LogP contribution in [0, 0.1) is 27.9 Å². The molecule has 1 saturated heterocycles. The number of nitrogens with one attached hydrogen (secondary N) is 1. The van der Waals surface area contributed by atoms with Crippen molar-refractivity contribution in [1.82, 2.24) is 30.4 Å². The normalized spacial score (nSPS) is 20.1. The minimum atomic E-state index is -0.914. The van der Waals surface area contributed by atoms with Gasteiger partial charge in [0.1, 0.15) is 31.8 Å². The molecule has 2 aliphatic rings. The summed E-state index contributed by atoms with van der Waals surface area (Å²) in [5.74, 6) is -2.63. The topological polar surface area (TPSA) is 198 Å². The molecule has 1 fully saturated rings. The van der Waals surface area contributed by atoms with Crippen molar-refractivity contribution in [2.75, 3.05) is 13.2 Å². The first-order valence-corrected chi connectivity index (χ1v) is 13.2. The van der Waals surface area contributed by atoms with Crippen LogP contribution >= 0.6 is 0 Å². The molecule has 0 spiro atoms. The summed E-state index contributed by atoms with van der Waals surface area (Å²) in [5.41, 5.74) is 0.720. The molecule has 0 bridgehead atoms. The van der Waals surface area contributed by atoms with Crippen LogP contribution in [0.25, 0.3) is 0 Å². The molecule has 1 aromatic carbocycles. The Bertz CT molecular complexity index is 1370. The number of esters is 1. The number of nitro benzene ring substituents is 1. The zero-order valence-electron chi connectivity index (χ0n) is 23.5. The average molecular weight is 586 g/mol. The quantitative estimate of drug-likeness (QED) is 0.163. The standard InChI is InChI=1S/C26H31N7O9/c1-14(2)10-41-26(37)42-12-19-15(3)22-21(16(4)28-20(34)9-31-13-27-29-30-31)24(35)32(22)23(19)25(36)40-11-17-5-7-18(8-6-17)33(38)39/h5-8,13-16,21-22H,9-12H2,1-4H3,(H,28,34)/t15-,16-,21-,22-/m1/s1. The van der Waals surface area contributed by atoms with E-state index in [1.54, 1.807) is 13.8 Å². The smallest absolute Gasteiger partial charge is 0.456 e. The van der Waals surface area contributed by atoms with E-state index in [9.17, 15) is 29.3 Å². The Morgan fingerprint density at radius 1 is 1.10 bits per heavy atom. The highest BCUT2D eigenvalue weighted by atomic mass is 16.7. The lowest BCUT2D eigenvalue weighted by Gasteiger charge is -2.48. The second kappa shape index (κ2) is 12.7. The fraction of sp³-hybridized carbons (Fsp3) is 0.500. The molecule has 0 radical (unpaired) electrons. The molecular weight excluding hydrogens is 554 g/mol. The average Bonchev–Trinajstić information content (AvgIpc) is 3.53. The summed E-state index contributed by atoms with van der Waals surface area (Å²) in [6.45, 7) is 6.70. The molecular formula is C26H31N7O9.